The summed E-state index contributed by atoms with van der Waals surface area (Å²) in [6.45, 7) is 0.862. The SMILES string of the molecule is COc1ccc(Cn2c(SCCOc3ccc(C#N)cc3)nc3ccccc3c2=O)cc1. The monoisotopic (exact) mass is 443 g/mol. The molecule has 4 aromatic rings. The highest BCUT2D eigenvalue weighted by molar-refractivity contribution is 7.99. The van der Waals surface area contributed by atoms with Crippen LogP contribution in [0.1, 0.15) is 11.1 Å². The van der Waals surface area contributed by atoms with E-state index in [0.717, 1.165) is 11.3 Å². The summed E-state index contributed by atoms with van der Waals surface area (Å²) in [5.74, 6) is 2.09. The summed E-state index contributed by atoms with van der Waals surface area (Å²) >= 11 is 1.48. The van der Waals surface area contributed by atoms with E-state index in [1.165, 1.54) is 11.8 Å². The summed E-state index contributed by atoms with van der Waals surface area (Å²) < 4.78 is 12.7. The van der Waals surface area contributed by atoms with Crippen molar-refractivity contribution in [3.63, 3.8) is 0 Å². The second-order valence-corrected chi connectivity index (χ2v) is 8.05. The van der Waals surface area contributed by atoms with E-state index < -0.39 is 0 Å². The molecule has 0 radical (unpaired) electrons. The lowest BCUT2D eigenvalue weighted by Crippen LogP contribution is -2.24. The molecule has 0 saturated heterocycles. The second kappa shape index (κ2) is 10.0. The Kier molecular flexibility index (Phi) is 6.73. The summed E-state index contributed by atoms with van der Waals surface area (Å²) in [7, 11) is 1.63. The van der Waals surface area contributed by atoms with Crippen LogP contribution in [0.3, 0.4) is 0 Å². The molecule has 32 heavy (non-hydrogen) atoms. The van der Waals surface area contributed by atoms with Crippen LogP contribution < -0.4 is 15.0 Å². The van der Waals surface area contributed by atoms with Crippen LogP contribution in [0.25, 0.3) is 10.9 Å². The fourth-order valence-corrected chi connectivity index (χ4v) is 4.04. The predicted octanol–water partition coefficient (Wildman–Crippen LogP) is 4.50. The van der Waals surface area contributed by atoms with Gasteiger partial charge < -0.3 is 9.47 Å². The second-order valence-electron chi connectivity index (χ2n) is 6.98. The average Bonchev–Trinajstić information content (AvgIpc) is 2.85. The maximum atomic E-state index is 13.2. The first kappa shape index (κ1) is 21.5. The molecule has 0 N–H and O–H groups in total. The number of rotatable bonds is 8. The third-order valence-corrected chi connectivity index (χ3v) is 5.83. The van der Waals surface area contributed by atoms with Crippen LogP contribution in [0.5, 0.6) is 11.5 Å². The van der Waals surface area contributed by atoms with Gasteiger partial charge >= 0.3 is 0 Å². The van der Waals surface area contributed by atoms with Gasteiger partial charge in [-0.05, 0) is 54.1 Å². The number of hydrogen-bond donors (Lipinski definition) is 0. The minimum absolute atomic E-state index is 0.0677. The summed E-state index contributed by atoms with van der Waals surface area (Å²) in [5, 5.41) is 10.1. The first-order chi connectivity index (χ1) is 15.7. The summed E-state index contributed by atoms with van der Waals surface area (Å²) in [6, 6.07) is 24.1. The molecule has 0 aliphatic rings. The third-order valence-electron chi connectivity index (χ3n) is 4.89. The van der Waals surface area contributed by atoms with Crippen molar-refractivity contribution >= 4 is 22.7 Å². The van der Waals surface area contributed by atoms with Crippen LogP contribution in [0, 0.1) is 11.3 Å². The van der Waals surface area contributed by atoms with Gasteiger partial charge in [0, 0.05) is 5.75 Å². The normalized spacial score (nSPS) is 10.6. The average molecular weight is 444 g/mol. The number of aromatic nitrogens is 2. The van der Waals surface area contributed by atoms with Gasteiger partial charge in [0.2, 0.25) is 0 Å². The van der Waals surface area contributed by atoms with Crippen LogP contribution in [0.2, 0.25) is 0 Å². The largest absolute Gasteiger partial charge is 0.497 e. The lowest BCUT2D eigenvalue weighted by atomic mass is 10.2. The molecule has 6 nitrogen and oxygen atoms in total. The molecule has 0 saturated carbocycles. The molecule has 0 spiro atoms. The number of hydrogen-bond acceptors (Lipinski definition) is 6. The Labute approximate surface area is 190 Å². The molecule has 1 heterocycles. The van der Waals surface area contributed by atoms with Gasteiger partial charge in [-0.15, -0.1) is 0 Å². The Hall–Kier alpha value is -3.76. The molecular weight excluding hydrogens is 422 g/mol. The smallest absolute Gasteiger partial charge is 0.262 e. The van der Waals surface area contributed by atoms with Gasteiger partial charge in [-0.3, -0.25) is 9.36 Å². The number of para-hydroxylation sites is 1. The number of nitriles is 1. The van der Waals surface area contributed by atoms with Crippen LogP contribution in [-0.4, -0.2) is 29.0 Å². The molecule has 0 atom stereocenters. The summed E-state index contributed by atoms with van der Waals surface area (Å²) in [6.07, 6.45) is 0. The topological polar surface area (TPSA) is 77.1 Å². The van der Waals surface area contributed by atoms with E-state index in [4.69, 9.17) is 19.7 Å². The third kappa shape index (κ3) is 4.93. The number of fused-ring (bicyclic) bond motifs is 1. The molecule has 0 aliphatic carbocycles. The Morgan fingerprint density at radius 2 is 1.72 bits per heavy atom. The molecule has 0 amide bonds. The molecule has 7 heteroatoms. The zero-order chi connectivity index (χ0) is 22.3. The van der Waals surface area contributed by atoms with E-state index in [1.807, 2.05) is 42.5 Å². The van der Waals surface area contributed by atoms with Gasteiger partial charge in [0.05, 0.1) is 42.8 Å². The van der Waals surface area contributed by atoms with Crippen molar-refractivity contribution in [1.82, 2.24) is 9.55 Å². The molecule has 160 valence electrons. The number of thioether (sulfide) groups is 1. The highest BCUT2D eigenvalue weighted by Gasteiger charge is 2.12. The lowest BCUT2D eigenvalue weighted by Gasteiger charge is -2.14. The predicted molar refractivity (Wildman–Crippen MR) is 125 cm³/mol. The van der Waals surface area contributed by atoms with E-state index in [9.17, 15) is 4.79 Å². The Balaban J connectivity index is 1.53. The Bertz CT molecular complexity index is 1310. The number of benzene rings is 3. The van der Waals surface area contributed by atoms with Crippen LogP contribution >= 0.6 is 11.8 Å². The molecule has 0 unspecified atom stereocenters. The van der Waals surface area contributed by atoms with Gasteiger partial charge in [-0.2, -0.15) is 5.26 Å². The molecule has 3 aromatic carbocycles. The zero-order valence-corrected chi connectivity index (χ0v) is 18.3. The van der Waals surface area contributed by atoms with E-state index in [0.29, 0.717) is 46.3 Å². The first-order valence-corrected chi connectivity index (χ1v) is 11.0. The number of ether oxygens (including phenoxy) is 2. The van der Waals surface area contributed by atoms with Crippen LogP contribution in [0.15, 0.2) is 82.7 Å². The lowest BCUT2D eigenvalue weighted by molar-refractivity contribution is 0.343. The maximum Gasteiger partial charge on any atom is 0.262 e. The van der Waals surface area contributed by atoms with Gasteiger partial charge in [-0.1, -0.05) is 36.0 Å². The number of nitrogens with zero attached hydrogens (tertiary/aromatic N) is 3. The highest BCUT2D eigenvalue weighted by Crippen LogP contribution is 2.20. The fourth-order valence-electron chi connectivity index (χ4n) is 3.23. The van der Waals surface area contributed by atoms with Crippen LogP contribution in [0.4, 0.5) is 0 Å². The first-order valence-electron chi connectivity index (χ1n) is 10.1. The Morgan fingerprint density at radius 1 is 1.00 bits per heavy atom. The van der Waals surface area contributed by atoms with Crippen molar-refractivity contribution in [2.75, 3.05) is 19.5 Å². The van der Waals surface area contributed by atoms with Gasteiger partial charge in [0.15, 0.2) is 5.16 Å². The van der Waals surface area contributed by atoms with Crippen molar-refractivity contribution in [1.29, 1.82) is 5.26 Å². The number of methoxy groups -OCH3 is 1. The zero-order valence-electron chi connectivity index (χ0n) is 17.5. The molecule has 0 bridgehead atoms. The van der Waals surface area contributed by atoms with E-state index in [-0.39, 0.29) is 5.56 Å². The van der Waals surface area contributed by atoms with E-state index in [2.05, 4.69) is 6.07 Å². The van der Waals surface area contributed by atoms with Crippen molar-refractivity contribution in [2.24, 2.45) is 0 Å². The van der Waals surface area contributed by atoms with Gasteiger partial charge in [0.1, 0.15) is 11.5 Å². The molecule has 0 fully saturated rings. The molecular formula is C25H21N3O3S. The van der Waals surface area contributed by atoms with E-state index in [1.54, 1.807) is 42.0 Å². The summed E-state index contributed by atoms with van der Waals surface area (Å²) in [4.78, 5) is 18.0. The standard InChI is InChI=1S/C25H21N3O3S/c1-30-20-10-8-19(9-11-20)17-28-24(29)22-4-2-3-5-23(22)27-25(28)32-15-14-31-21-12-6-18(16-26)7-13-21/h2-13H,14-15,17H2,1H3. The van der Waals surface area contributed by atoms with Crippen molar-refractivity contribution in [2.45, 2.75) is 11.7 Å². The quantitative estimate of drug-likeness (QED) is 0.227. The Morgan fingerprint density at radius 3 is 2.44 bits per heavy atom. The van der Waals surface area contributed by atoms with E-state index >= 15 is 0 Å². The van der Waals surface area contributed by atoms with Gasteiger partial charge in [0.25, 0.3) is 5.56 Å². The summed E-state index contributed by atoms with van der Waals surface area (Å²) in [5.41, 5.74) is 2.19. The van der Waals surface area contributed by atoms with Gasteiger partial charge in [-0.25, -0.2) is 4.98 Å². The molecule has 4 rings (SSSR count). The molecule has 0 aliphatic heterocycles. The van der Waals surface area contributed by atoms with Crippen molar-refractivity contribution in [3.05, 3.63) is 94.3 Å². The highest BCUT2D eigenvalue weighted by atomic mass is 32.2. The fraction of sp³-hybridized carbons (Fsp3) is 0.160. The minimum Gasteiger partial charge on any atom is -0.497 e. The maximum absolute atomic E-state index is 13.2. The van der Waals surface area contributed by atoms with Crippen molar-refractivity contribution in [3.8, 4) is 17.6 Å². The van der Waals surface area contributed by atoms with Crippen LogP contribution in [-0.2, 0) is 6.54 Å². The van der Waals surface area contributed by atoms with Crippen molar-refractivity contribution < 1.29 is 9.47 Å². The molecule has 1 aromatic heterocycles. The minimum atomic E-state index is -0.0677.